The Bertz CT molecular complexity index is 1560. The van der Waals surface area contributed by atoms with Gasteiger partial charge in [-0.05, 0) is 52.6 Å². The highest BCUT2D eigenvalue weighted by atomic mass is 35.5. The van der Waals surface area contributed by atoms with Crippen molar-refractivity contribution in [3.05, 3.63) is 92.7 Å². The Morgan fingerprint density at radius 3 is 2.28 bits per heavy atom. The number of nitrogens with zero attached hydrogens (tertiary/aromatic N) is 1. The van der Waals surface area contributed by atoms with Crippen LogP contribution in [-0.4, -0.2) is 26.9 Å². The van der Waals surface area contributed by atoms with E-state index >= 15 is 0 Å². The quantitative estimate of drug-likeness (QED) is 0.320. The zero-order valence-electron chi connectivity index (χ0n) is 18.7. The second-order valence-electron chi connectivity index (χ2n) is 8.33. The highest BCUT2D eigenvalue weighted by Crippen LogP contribution is 2.50. The number of halogens is 5. The lowest BCUT2D eigenvalue weighted by Crippen LogP contribution is -2.46. The summed E-state index contributed by atoms with van der Waals surface area (Å²) in [5, 5.41) is 20.0. The van der Waals surface area contributed by atoms with Crippen molar-refractivity contribution in [2.75, 3.05) is 0 Å². The zero-order chi connectivity index (χ0) is 26.6. The summed E-state index contributed by atoms with van der Waals surface area (Å²) in [5.74, 6) is -4.80. The Labute approximate surface area is 206 Å². The number of fused-ring (bicyclic) bond motifs is 1. The summed E-state index contributed by atoms with van der Waals surface area (Å²) in [6.45, 7) is 1.16. The highest BCUT2D eigenvalue weighted by molar-refractivity contribution is 6.31. The molecule has 6 nitrogen and oxygen atoms in total. The lowest BCUT2D eigenvalue weighted by Gasteiger charge is -2.37. The van der Waals surface area contributed by atoms with E-state index in [4.69, 9.17) is 21.1 Å². The number of benzene rings is 3. The Balaban J connectivity index is 1.79. The van der Waals surface area contributed by atoms with Crippen LogP contribution in [0.4, 0.5) is 17.6 Å². The van der Waals surface area contributed by atoms with Gasteiger partial charge in [0.25, 0.3) is 0 Å². The van der Waals surface area contributed by atoms with E-state index in [1.165, 1.54) is 37.4 Å². The second-order valence-corrected chi connectivity index (χ2v) is 8.74. The highest BCUT2D eigenvalue weighted by Gasteiger charge is 2.59. The summed E-state index contributed by atoms with van der Waals surface area (Å²) in [6, 6.07) is 10.6. The van der Waals surface area contributed by atoms with Gasteiger partial charge in [-0.15, -0.1) is 0 Å². The molecule has 0 amide bonds. The van der Waals surface area contributed by atoms with E-state index in [9.17, 15) is 32.3 Å². The number of rotatable bonds is 5. The molecule has 1 unspecified atom stereocenters. The molecule has 0 radical (unpaired) electrons. The third-order valence-electron chi connectivity index (χ3n) is 6.29. The Morgan fingerprint density at radius 1 is 1.06 bits per heavy atom. The number of carbonyl (C=O) groups is 1. The van der Waals surface area contributed by atoms with Crippen LogP contribution in [-0.2, 0) is 12.6 Å². The molecule has 1 heterocycles. The summed E-state index contributed by atoms with van der Waals surface area (Å²) in [7, 11) is 1.33. The molecule has 0 spiro atoms. The maximum atomic E-state index is 14.4. The van der Waals surface area contributed by atoms with Gasteiger partial charge < -0.3 is 14.6 Å². The van der Waals surface area contributed by atoms with Crippen molar-refractivity contribution in [3.8, 4) is 11.1 Å². The number of aromatic nitrogens is 1. The van der Waals surface area contributed by atoms with E-state index in [1.54, 1.807) is 0 Å². The molecular weight excluding hydrogens is 506 g/mol. The van der Waals surface area contributed by atoms with Crippen LogP contribution in [0.3, 0.4) is 0 Å². The molecule has 0 fully saturated rings. The second kappa shape index (κ2) is 8.79. The maximum Gasteiger partial charge on any atom is 0.422 e. The van der Waals surface area contributed by atoms with E-state index in [1.807, 2.05) is 0 Å². The number of carboxylic acid groups (broad SMARTS) is 1. The number of hydrogen-bond donors (Lipinski definition) is 2. The average Bonchev–Trinajstić information content (AvgIpc) is 3.09. The molecule has 0 saturated heterocycles. The van der Waals surface area contributed by atoms with Gasteiger partial charge in [0.1, 0.15) is 5.82 Å². The van der Waals surface area contributed by atoms with Crippen molar-refractivity contribution in [1.82, 2.24) is 4.57 Å². The number of alkyl halides is 3. The van der Waals surface area contributed by atoms with Crippen LogP contribution >= 0.6 is 11.6 Å². The zero-order valence-corrected chi connectivity index (χ0v) is 19.5. The third-order valence-corrected chi connectivity index (χ3v) is 6.62. The summed E-state index contributed by atoms with van der Waals surface area (Å²) >= 11 is 6.34. The van der Waals surface area contributed by atoms with Crippen LogP contribution in [0.5, 0.6) is 0 Å². The number of aliphatic hydroxyl groups is 1. The van der Waals surface area contributed by atoms with E-state index in [0.717, 1.165) is 35.8 Å². The van der Waals surface area contributed by atoms with Crippen molar-refractivity contribution in [3.63, 3.8) is 0 Å². The topological polar surface area (TPSA) is 92.7 Å². The molecule has 11 heteroatoms. The first kappa shape index (κ1) is 25.5. The van der Waals surface area contributed by atoms with Crippen LogP contribution in [0.1, 0.15) is 34.3 Å². The van der Waals surface area contributed by atoms with Crippen molar-refractivity contribution >= 4 is 28.7 Å². The van der Waals surface area contributed by atoms with Crippen molar-refractivity contribution in [2.45, 2.75) is 24.6 Å². The number of aromatic carboxylic acids is 1. The molecule has 0 aliphatic rings. The molecule has 3 aromatic carbocycles. The fourth-order valence-corrected chi connectivity index (χ4v) is 4.52. The van der Waals surface area contributed by atoms with Crippen LogP contribution in [0.25, 0.3) is 22.2 Å². The van der Waals surface area contributed by atoms with Gasteiger partial charge in [-0.25, -0.2) is 14.0 Å². The summed E-state index contributed by atoms with van der Waals surface area (Å²) < 4.78 is 63.2. The third kappa shape index (κ3) is 4.06. The summed E-state index contributed by atoms with van der Waals surface area (Å²) in [5.41, 5.74) is -3.75. The van der Waals surface area contributed by atoms with Gasteiger partial charge >= 0.3 is 17.9 Å². The number of aryl methyl sites for hydroxylation is 1. The first-order chi connectivity index (χ1) is 16.8. The molecule has 0 aliphatic heterocycles. The molecule has 0 bridgehead atoms. The first-order valence-electron chi connectivity index (χ1n) is 10.5. The number of carboxylic acids is 1. The predicted molar refractivity (Wildman–Crippen MR) is 124 cm³/mol. The molecule has 4 rings (SSSR count). The molecule has 36 heavy (non-hydrogen) atoms. The minimum absolute atomic E-state index is 0.0379. The number of oxazole rings is 1. The van der Waals surface area contributed by atoms with Gasteiger partial charge in [-0.2, -0.15) is 13.2 Å². The normalized spacial score (nSPS) is 14.6. The van der Waals surface area contributed by atoms with Gasteiger partial charge in [-0.3, -0.25) is 4.57 Å². The average molecular weight is 524 g/mol. The van der Waals surface area contributed by atoms with Crippen molar-refractivity contribution in [1.29, 1.82) is 0 Å². The molecule has 4 aromatic rings. The minimum Gasteiger partial charge on any atom is -0.478 e. The predicted octanol–water partition coefficient (Wildman–Crippen LogP) is 5.84. The standard InChI is InChI=1S/C25H18ClF4NO5/c1-12(16-6-3-13(9-18(16)26)14-4-7-17(22(32)33)19(27)10-14)24(35,25(28,29)30)15-5-8-21-20(11-15)31(2)23(34)36-21/h3-12,35H,1-2H3,(H,32,33)/t12-,24?/m0/s1. The van der Waals surface area contributed by atoms with E-state index < -0.39 is 46.4 Å². The number of hydrogen-bond acceptors (Lipinski definition) is 4. The Morgan fingerprint density at radius 2 is 1.69 bits per heavy atom. The lowest BCUT2D eigenvalue weighted by molar-refractivity contribution is -0.274. The molecule has 1 aromatic heterocycles. The van der Waals surface area contributed by atoms with Crippen molar-refractivity contribution < 1.29 is 37.0 Å². The van der Waals surface area contributed by atoms with E-state index in [2.05, 4.69) is 0 Å². The fourth-order valence-electron chi connectivity index (χ4n) is 4.17. The summed E-state index contributed by atoms with van der Waals surface area (Å²) in [4.78, 5) is 22.8. The van der Waals surface area contributed by atoms with Gasteiger partial charge in [-0.1, -0.05) is 42.8 Å². The first-order valence-corrected chi connectivity index (χ1v) is 10.8. The lowest BCUT2D eigenvalue weighted by atomic mass is 9.77. The van der Waals surface area contributed by atoms with Crippen molar-refractivity contribution in [2.24, 2.45) is 7.05 Å². The van der Waals surface area contributed by atoms with Crippen LogP contribution < -0.4 is 5.76 Å². The Kier molecular flexibility index (Phi) is 6.22. The van der Waals surface area contributed by atoms with E-state index in [0.29, 0.717) is 5.56 Å². The van der Waals surface area contributed by atoms with Crippen LogP contribution in [0.2, 0.25) is 5.02 Å². The molecule has 2 atom stereocenters. The van der Waals surface area contributed by atoms with Gasteiger partial charge in [0.2, 0.25) is 0 Å². The largest absolute Gasteiger partial charge is 0.478 e. The van der Waals surface area contributed by atoms with Gasteiger partial charge in [0, 0.05) is 18.0 Å². The molecule has 0 aliphatic carbocycles. The minimum atomic E-state index is -5.14. The molecular formula is C25H18ClF4NO5. The smallest absolute Gasteiger partial charge is 0.422 e. The van der Waals surface area contributed by atoms with Gasteiger partial charge in [0.15, 0.2) is 11.2 Å². The SMILES string of the molecule is C[C@@H](c1ccc(-c2ccc(C(=O)O)c(F)c2)cc1Cl)C(O)(c1ccc2oc(=O)n(C)c2c1)C(F)(F)F. The summed E-state index contributed by atoms with van der Waals surface area (Å²) in [6.07, 6.45) is -5.14. The molecule has 188 valence electrons. The molecule has 0 saturated carbocycles. The monoisotopic (exact) mass is 523 g/mol. The van der Waals surface area contributed by atoms with Crippen LogP contribution in [0, 0.1) is 5.82 Å². The Hall–Kier alpha value is -3.63. The molecule has 2 N–H and O–H groups in total. The fraction of sp³-hybridized carbons (Fsp3) is 0.200. The van der Waals surface area contributed by atoms with Gasteiger partial charge in [0.05, 0.1) is 11.1 Å². The van der Waals surface area contributed by atoms with Crippen LogP contribution in [0.15, 0.2) is 63.8 Å². The maximum absolute atomic E-state index is 14.4. The van der Waals surface area contributed by atoms with E-state index in [-0.39, 0.29) is 27.2 Å².